The van der Waals surface area contributed by atoms with Crippen molar-refractivity contribution in [2.24, 2.45) is 0 Å². The SMILES string of the molecule is C=C(C)CSc1nn(CC(=O)OCC)c2nc3c(c(=O)n12)C(C)(CC)Cc1ccccc1-3. The molecule has 0 fully saturated rings. The summed E-state index contributed by atoms with van der Waals surface area (Å²) in [4.78, 5) is 31.1. The second kappa shape index (κ2) is 8.58. The Morgan fingerprint density at radius 2 is 2.06 bits per heavy atom. The van der Waals surface area contributed by atoms with Gasteiger partial charge in [0.2, 0.25) is 5.78 Å². The fraction of sp³-hybridized carbons (Fsp3) is 0.417. The highest BCUT2D eigenvalue weighted by Crippen LogP contribution is 2.42. The lowest BCUT2D eigenvalue weighted by molar-refractivity contribution is -0.143. The summed E-state index contributed by atoms with van der Waals surface area (Å²) in [5.41, 5.74) is 4.04. The standard InChI is InChI=1S/C24H28N4O3S/c1-6-24(5)12-16-10-8-9-11-17(16)20-19(24)21(30)28-22(25-20)27(13-18(29)31-7-2)26-23(28)32-14-15(3)4/h8-11H,3,6-7,12-14H2,1-2,4-5H3. The van der Waals surface area contributed by atoms with E-state index in [1.807, 2.05) is 25.1 Å². The van der Waals surface area contributed by atoms with Crippen LogP contribution in [-0.2, 0) is 27.9 Å². The summed E-state index contributed by atoms with van der Waals surface area (Å²) in [5, 5.41) is 5.09. The Balaban J connectivity index is 2.01. The fourth-order valence-corrected chi connectivity index (χ4v) is 5.04. The van der Waals surface area contributed by atoms with E-state index in [2.05, 4.69) is 31.6 Å². The van der Waals surface area contributed by atoms with Gasteiger partial charge in [0.1, 0.15) is 6.54 Å². The Kier molecular flexibility index (Phi) is 5.99. The molecule has 7 nitrogen and oxygen atoms in total. The number of hydrogen-bond acceptors (Lipinski definition) is 6. The maximum atomic E-state index is 14.0. The van der Waals surface area contributed by atoms with Crippen LogP contribution in [0.15, 0.2) is 46.4 Å². The fourth-order valence-electron chi connectivity index (χ4n) is 4.22. The molecule has 0 saturated carbocycles. The molecule has 2 aromatic heterocycles. The number of thioether (sulfide) groups is 1. The number of rotatable bonds is 7. The van der Waals surface area contributed by atoms with Gasteiger partial charge in [0.25, 0.3) is 5.56 Å². The van der Waals surface area contributed by atoms with E-state index in [0.717, 1.165) is 24.0 Å². The molecule has 1 aliphatic carbocycles. The van der Waals surface area contributed by atoms with Gasteiger partial charge in [-0.2, -0.15) is 0 Å². The predicted octanol–water partition coefficient (Wildman–Crippen LogP) is 4.01. The van der Waals surface area contributed by atoms with Crippen molar-refractivity contribution in [2.75, 3.05) is 12.4 Å². The van der Waals surface area contributed by atoms with Gasteiger partial charge in [-0.05, 0) is 32.3 Å². The van der Waals surface area contributed by atoms with Gasteiger partial charge in [-0.15, -0.1) is 5.10 Å². The highest BCUT2D eigenvalue weighted by Gasteiger charge is 2.38. The second-order valence-corrected chi connectivity index (χ2v) is 9.46. The van der Waals surface area contributed by atoms with Crippen LogP contribution in [0.4, 0.5) is 0 Å². The van der Waals surface area contributed by atoms with Crippen molar-refractivity contribution in [1.29, 1.82) is 0 Å². The molecule has 4 rings (SSSR count). The quantitative estimate of drug-likeness (QED) is 0.306. The molecule has 0 bridgehead atoms. The molecular formula is C24H28N4O3S. The van der Waals surface area contributed by atoms with E-state index in [9.17, 15) is 9.59 Å². The minimum Gasteiger partial charge on any atom is -0.465 e. The summed E-state index contributed by atoms with van der Waals surface area (Å²) in [6.45, 7) is 12.0. The third-order valence-corrected chi connectivity index (χ3v) is 7.12. The van der Waals surface area contributed by atoms with Crippen molar-refractivity contribution in [3.05, 3.63) is 57.9 Å². The summed E-state index contributed by atoms with van der Waals surface area (Å²) in [6, 6.07) is 8.09. The molecule has 0 spiro atoms. The Labute approximate surface area is 191 Å². The van der Waals surface area contributed by atoms with Crippen LogP contribution in [0.2, 0.25) is 0 Å². The van der Waals surface area contributed by atoms with Crippen LogP contribution in [-0.4, -0.2) is 37.5 Å². The van der Waals surface area contributed by atoms with Crippen LogP contribution in [0.5, 0.6) is 0 Å². The van der Waals surface area contributed by atoms with Crippen molar-refractivity contribution in [3.8, 4) is 11.3 Å². The maximum Gasteiger partial charge on any atom is 0.327 e. The Hall–Kier alpha value is -2.87. The number of nitrogens with zero attached hydrogens (tertiary/aromatic N) is 4. The molecule has 0 aliphatic heterocycles. The van der Waals surface area contributed by atoms with Crippen LogP contribution in [0, 0.1) is 0 Å². The normalized spacial score (nSPS) is 17.1. The van der Waals surface area contributed by atoms with Crippen molar-refractivity contribution in [3.63, 3.8) is 0 Å². The molecule has 0 amide bonds. The number of esters is 1. The lowest BCUT2D eigenvalue weighted by Crippen LogP contribution is -2.38. The number of carbonyl (C=O) groups is 1. The van der Waals surface area contributed by atoms with Crippen molar-refractivity contribution >= 4 is 23.5 Å². The van der Waals surface area contributed by atoms with Gasteiger partial charge in [0.05, 0.1) is 17.9 Å². The molecule has 0 saturated heterocycles. The van der Waals surface area contributed by atoms with Crippen LogP contribution in [0.3, 0.4) is 0 Å². The zero-order valence-corrected chi connectivity index (χ0v) is 19.8. The molecule has 168 valence electrons. The molecule has 1 aromatic carbocycles. The first-order valence-corrected chi connectivity index (χ1v) is 11.8. The molecule has 2 heterocycles. The first-order chi connectivity index (χ1) is 15.3. The predicted molar refractivity (Wildman–Crippen MR) is 126 cm³/mol. The summed E-state index contributed by atoms with van der Waals surface area (Å²) >= 11 is 1.42. The smallest absolute Gasteiger partial charge is 0.327 e. The van der Waals surface area contributed by atoms with E-state index in [-0.39, 0.29) is 24.1 Å². The lowest BCUT2D eigenvalue weighted by Gasteiger charge is -2.35. The average Bonchev–Trinajstić information content (AvgIpc) is 3.10. The van der Waals surface area contributed by atoms with E-state index in [1.54, 1.807) is 11.3 Å². The van der Waals surface area contributed by atoms with Gasteiger partial charge in [-0.1, -0.05) is 62.0 Å². The Morgan fingerprint density at radius 3 is 2.75 bits per heavy atom. The van der Waals surface area contributed by atoms with Crippen molar-refractivity contribution < 1.29 is 9.53 Å². The largest absolute Gasteiger partial charge is 0.465 e. The molecule has 3 aromatic rings. The number of hydrogen-bond donors (Lipinski definition) is 0. The number of aromatic nitrogens is 4. The van der Waals surface area contributed by atoms with Crippen LogP contribution >= 0.6 is 11.8 Å². The van der Waals surface area contributed by atoms with Crippen LogP contribution < -0.4 is 5.56 Å². The number of benzene rings is 1. The van der Waals surface area contributed by atoms with E-state index >= 15 is 0 Å². The number of ether oxygens (including phenoxy) is 1. The maximum absolute atomic E-state index is 14.0. The first-order valence-electron chi connectivity index (χ1n) is 10.8. The number of fused-ring (bicyclic) bond motifs is 4. The van der Waals surface area contributed by atoms with E-state index in [1.165, 1.54) is 22.0 Å². The summed E-state index contributed by atoms with van der Waals surface area (Å²) in [6.07, 6.45) is 1.59. The molecule has 1 aliphatic rings. The summed E-state index contributed by atoms with van der Waals surface area (Å²) < 4.78 is 8.14. The van der Waals surface area contributed by atoms with Crippen molar-refractivity contribution in [1.82, 2.24) is 19.2 Å². The Bertz CT molecular complexity index is 1280. The zero-order valence-electron chi connectivity index (χ0n) is 19.0. The molecular weight excluding hydrogens is 424 g/mol. The molecule has 0 radical (unpaired) electrons. The third-order valence-electron chi connectivity index (χ3n) is 5.96. The Morgan fingerprint density at radius 1 is 1.31 bits per heavy atom. The second-order valence-electron chi connectivity index (χ2n) is 8.52. The lowest BCUT2D eigenvalue weighted by atomic mass is 9.69. The topological polar surface area (TPSA) is 78.5 Å². The number of carbonyl (C=O) groups excluding carboxylic acids is 1. The van der Waals surface area contributed by atoms with E-state index < -0.39 is 5.97 Å². The van der Waals surface area contributed by atoms with Gasteiger partial charge in [0.15, 0.2) is 5.16 Å². The van der Waals surface area contributed by atoms with Crippen LogP contribution in [0.1, 0.15) is 45.2 Å². The first kappa shape index (κ1) is 22.3. The van der Waals surface area contributed by atoms with Crippen LogP contribution in [0.25, 0.3) is 17.0 Å². The van der Waals surface area contributed by atoms with Crippen molar-refractivity contribution in [2.45, 2.75) is 57.7 Å². The zero-order chi connectivity index (χ0) is 23.0. The molecule has 32 heavy (non-hydrogen) atoms. The minimum absolute atomic E-state index is 0.108. The molecule has 0 N–H and O–H groups in total. The molecule has 1 unspecified atom stereocenters. The summed E-state index contributed by atoms with van der Waals surface area (Å²) in [7, 11) is 0. The highest BCUT2D eigenvalue weighted by atomic mass is 32.2. The average molecular weight is 453 g/mol. The van der Waals surface area contributed by atoms with Gasteiger partial charge in [0, 0.05) is 16.7 Å². The highest BCUT2D eigenvalue weighted by molar-refractivity contribution is 7.99. The van der Waals surface area contributed by atoms with E-state index in [4.69, 9.17) is 9.72 Å². The molecule has 8 heteroatoms. The van der Waals surface area contributed by atoms with Gasteiger partial charge in [-0.3, -0.25) is 9.59 Å². The third kappa shape index (κ3) is 3.77. The minimum atomic E-state index is -0.417. The molecule has 1 atom stereocenters. The summed E-state index contributed by atoms with van der Waals surface area (Å²) in [5.74, 6) is 0.545. The van der Waals surface area contributed by atoms with E-state index in [0.29, 0.717) is 27.9 Å². The monoisotopic (exact) mass is 452 g/mol. The van der Waals surface area contributed by atoms with Gasteiger partial charge < -0.3 is 4.74 Å². The van der Waals surface area contributed by atoms with Gasteiger partial charge >= 0.3 is 5.97 Å². The van der Waals surface area contributed by atoms with Gasteiger partial charge in [-0.25, -0.2) is 14.1 Å².